The van der Waals surface area contributed by atoms with Crippen molar-refractivity contribution in [2.24, 2.45) is 0 Å². The van der Waals surface area contributed by atoms with Crippen molar-refractivity contribution in [3.63, 3.8) is 0 Å². The van der Waals surface area contributed by atoms with E-state index in [-0.39, 0.29) is 0 Å². The van der Waals surface area contributed by atoms with Gasteiger partial charge in [0.1, 0.15) is 11.9 Å². The van der Waals surface area contributed by atoms with Crippen LogP contribution in [0.5, 0.6) is 5.75 Å². The second-order valence-electron chi connectivity index (χ2n) is 6.15. The Balaban J connectivity index is 1.38. The van der Waals surface area contributed by atoms with Gasteiger partial charge in [-0.3, -0.25) is 0 Å². The number of hydrogen-bond donors (Lipinski definition) is 1. The summed E-state index contributed by atoms with van der Waals surface area (Å²) in [5.41, 5.74) is 7.52. The molecule has 0 amide bonds. The molecule has 124 valence electrons. The molecule has 0 radical (unpaired) electrons. The first-order valence-corrected chi connectivity index (χ1v) is 8.58. The zero-order valence-electron chi connectivity index (χ0n) is 13.9. The number of hydrogen-bond acceptors (Lipinski definition) is 3. The van der Waals surface area contributed by atoms with E-state index in [4.69, 9.17) is 10.5 Å². The summed E-state index contributed by atoms with van der Waals surface area (Å²) in [4.78, 5) is 2.47. The Labute approximate surface area is 144 Å². The first-order valence-electron chi connectivity index (χ1n) is 8.58. The fourth-order valence-corrected chi connectivity index (χ4v) is 2.94. The van der Waals surface area contributed by atoms with Gasteiger partial charge in [0.2, 0.25) is 0 Å². The van der Waals surface area contributed by atoms with Crippen LogP contribution < -0.4 is 10.5 Å². The summed E-state index contributed by atoms with van der Waals surface area (Å²) in [6.45, 7) is 3.18. The van der Waals surface area contributed by atoms with Crippen molar-refractivity contribution in [3.05, 3.63) is 60.2 Å². The van der Waals surface area contributed by atoms with E-state index in [9.17, 15) is 0 Å². The second-order valence-corrected chi connectivity index (χ2v) is 6.15. The molecule has 24 heavy (non-hydrogen) atoms. The largest absolute Gasteiger partial charge is 0.490 e. The Morgan fingerprint density at radius 2 is 1.83 bits per heavy atom. The molecule has 0 spiro atoms. The number of likely N-dealkylation sites (tertiary alicyclic amines) is 1. The Hall–Kier alpha value is -2.44. The van der Waals surface area contributed by atoms with Gasteiger partial charge in [0.05, 0.1) is 0 Å². The lowest BCUT2D eigenvalue weighted by Crippen LogP contribution is -2.38. The summed E-state index contributed by atoms with van der Waals surface area (Å²) in [5, 5.41) is 0. The summed E-state index contributed by atoms with van der Waals surface area (Å²) >= 11 is 0. The zero-order chi connectivity index (χ0) is 16.6. The van der Waals surface area contributed by atoms with E-state index >= 15 is 0 Å². The van der Waals surface area contributed by atoms with Crippen LogP contribution in [0.4, 0.5) is 5.69 Å². The van der Waals surface area contributed by atoms with Gasteiger partial charge in [-0.25, -0.2) is 0 Å². The molecular formula is C21H24N2O. The highest BCUT2D eigenvalue weighted by Gasteiger charge is 2.19. The van der Waals surface area contributed by atoms with Gasteiger partial charge in [-0.05, 0) is 43.2 Å². The van der Waals surface area contributed by atoms with Crippen LogP contribution in [-0.2, 0) is 0 Å². The van der Waals surface area contributed by atoms with Crippen LogP contribution in [0.1, 0.15) is 24.8 Å². The molecular weight excluding hydrogens is 296 g/mol. The smallest absolute Gasteiger partial charge is 0.119 e. The van der Waals surface area contributed by atoms with Crippen LogP contribution in [0.2, 0.25) is 0 Å². The lowest BCUT2D eigenvalue weighted by atomic mass is 10.1. The normalized spacial score (nSPS) is 15.5. The molecule has 3 nitrogen and oxygen atoms in total. The number of benzene rings is 2. The standard InChI is InChI=1S/C21H24N2O/c22-19-9-6-8-18(17-19)7-4-5-14-23-15-12-21(13-16-23)24-20-10-2-1-3-11-20/h1-3,6,8-11,17,21H,5,12-16,22H2. The zero-order valence-corrected chi connectivity index (χ0v) is 13.9. The average molecular weight is 320 g/mol. The summed E-state index contributed by atoms with van der Waals surface area (Å²) in [7, 11) is 0. The monoisotopic (exact) mass is 320 g/mol. The minimum absolute atomic E-state index is 0.335. The highest BCUT2D eigenvalue weighted by Crippen LogP contribution is 2.18. The highest BCUT2D eigenvalue weighted by atomic mass is 16.5. The van der Waals surface area contributed by atoms with Crippen LogP contribution >= 0.6 is 0 Å². The molecule has 0 atom stereocenters. The molecule has 2 aromatic carbocycles. The van der Waals surface area contributed by atoms with Crippen molar-refractivity contribution >= 4 is 5.69 Å². The first kappa shape index (κ1) is 16.4. The van der Waals surface area contributed by atoms with E-state index in [0.29, 0.717) is 6.10 Å². The number of anilines is 1. The molecule has 2 N–H and O–H groups in total. The maximum atomic E-state index is 6.03. The second kappa shape index (κ2) is 8.42. The third-order valence-electron chi connectivity index (χ3n) is 4.25. The predicted octanol–water partition coefficient (Wildman–Crippen LogP) is 3.55. The van der Waals surface area contributed by atoms with Crippen molar-refractivity contribution in [3.8, 4) is 17.6 Å². The maximum Gasteiger partial charge on any atom is 0.119 e. The third-order valence-corrected chi connectivity index (χ3v) is 4.25. The van der Waals surface area contributed by atoms with Gasteiger partial charge in [0, 0.05) is 37.3 Å². The lowest BCUT2D eigenvalue weighted by molar-refractivity contribution is 0.102. The van der Waals surface area contributed by atoms with Gasteiger partial charge >= 0.3 is 0 Å². The number of para-hydroxylation sites is 1. The molecule has 0 bridgehead atoms. The molecule has 0 aliphatic carbocycles. The molecule has 0 aromatic heterocycles. The molecule has 1 saturated heterocycles. The van der Waals surface area contributed by atoms with E-state index in [2.05, 4.69) is 16.7 Å². The van der Waals surface area contributed by atoms with Gasteiger partial charge in [0.15, 0.2) is 0 Å². The molecule has 1 aliphatic rings. The van der Waals surface area contributed by atoms with Crippen LogP contribution in [0, 0.1) is 11.8 Å². The van der Waals surface area contributed by atoms with Crippen LogP contribution in [0.15, 0.2) is 54.6 Å². The summed E-state index contributed by atoms with van der Waals surface area (Å²) in [6.07, 6.45) is 3.38. The van der Waals surface area contributed by atoms with Crippen molar-refractivity contribution in [1.82, 2.24) is 4.90 Å². The quantitative estimate of drug-likeness (QED) is 0.691. The van der Waals surface area contributed by atoms with Crippen molar-refractivity contribution in [2.75, 3.05) is 25.4 Å². The van der Waals surface area contributed by atoms with Gasteiger partial charge in [-0.2, -0.15) is 0 Å². The van der Waals surface area contributed by atoms with E-state index in [1.165, 1.54) is 0 Å². The minimum Gasteiger partial charge on any atom is -0.490 e. The highest BCUT2D eigenvalue weighted by molar-refractivity contribution is 5.46. The fourth-order valence-electron chi connectivity index (χ4n) is 2.94. The van der Waals surface area contributed by atoms with Crippen molar-refractivity contribution < 1.29 is 4.74 Å². The van der Waals surface area contributed by atoms with Crippen molar-refractivity contribution in [1.29, 1.82) is 0 Å². The molecule has 0 unspecified atom stereocenters. The Bertz CT molecular complexity index is 695. The first-order chi connectivity index (χ1) is 11.8. The maximum absolute atomic E-state index is 6.03. The number of piperidine rings is 1. The molecule has 2 aromatic rings. The molecule has 1 aliphatic heterocycles. The summed E-state index contributed by atoms with van der Waals surface area (Å²) in [5.74, 6) is 7.41. The van der Waals surface area contributed by atoms with E-state index in [0.717, 1.165) is 55.9 Å². The topological polar surface area (TPSA) is 38.5 Å². The number of nitrogen functional groups attached to an aromatic ring is 1. The van der Waals surface area contributed by atoms with Crippen molar-refractivity contribution in [2.45, 2.75) is 25.4 Å². The lowest BCUT2D eigenvalue weighted by Gasteiger charge is -2.31. The third kappa shape index (κ3) is 5.04. The number of ether oxygens (including phenoxy) is 1. The van der Waals surface area contributed by atoms with E-state index in [1.807, 2.05) is 54.6 Å². The van der Waals surface area contributed by atoms with E-state index < -0.39 is 0 Å². The molecule has 3 rings (SSSR count). The fraction of sp³-hybridized carbons (Fsp3) is 0.333. The Morgan fingerprint density at radius 3 is 2.58 bits per heavy atom. The Kier molecular flexibility index (Phi) is 5.76. The minimum atomic E-state index is 0.335. The van der Waals surface area contributed by atoms with E-state index in [1.54, 1.807) is 0 Å². The molecule has 1 fully saturated rings. The van der Waals surface area contributed by atoms with Crippen LogP contribution in [0.3, 0.4) is 0 Å². The summed E-state index contributed by atoms with van der Waals surface area (Å²) < 4.78 is 6.03. The molecule has 1 heterocycles. The Morgan fingerprint density at radius 1 is 1.04 bits per heavy atom. The number of rotatable bonds is 4. The molecule has 3 heteroatoms. The van der Waals surface area contributed by atoms with Crippen LogP contribution in [0.25, 0.3) is 0 Å². The van der Waals surface area contributed by atoms with Gasteiger partial charge in [-0.1, -0.05) is 36.1 Å². The predicted molar refractivity (Wildman–Crippen MR) is 98.9 cm³/mol. The number of nitrogens with zero attached hydrogens (tertiary/aromatic N) is 1. The van der Waals surface area contributed by atoms with Gasteiger partial charge in [-0.15, -0.1) is 0 Å². The van der Waals surface area contributed by atoms with Gasteiger partial charge < -0.3 is 15.4 Å². The molecule has 0 saturated carbocycles. The van der Waals surface area contributed by atoms with Gasteiger partial charge in [0.25, 0.3) is 0 Å². The average Bonchev–Trinajstić information content (AvgIpc) is 2.61. The summed E-state index contributed by atoms with van der Waals surface area (Å²) in [6, 6.07) is 17.8. The number of nitrogens with two attached hydrogens (primary N) is 1. The van der Waals surface area contributed by atoms with Crippen LogP contribution in [-0.4, -0.2) is 30.6 Å². The SMILES string of the molecule is Nc1cccc(C#CCCN2CCC(Oc3ccccc3)CC2)c1.